The molecule has 1 N–H and O–H groups in total. The number of hydrogen-bond donors (Lipinski definition) is 1. The summed E-state index contributed by atoms with van der Waals surface area (Å²) in [5.41, 5.74) is 0.890. The molecule has 1 aromatic heterocycles. The number of amides is 1. The minimum Gasteiger partial charge on any atom is -0.493 e. The molecule has 21 heavy (non-hydrogen) atoms. The lowest BCUT2D eigenvalue weighted by Gasteiger charge is -2.24. The standard InChI is InChI=1S/C13H13BrN4O3/c1-20-10-4-7(3-8(14)12(10)21-2)9-5-11(19)17-13-15-6-16-18(9)13/h3-4,6,9H,5H2,1-2H3,(H,15,16,17,19)/t9-/m1/s1. The maximum Gasteiger partial charge on any atom is 0.229 e. The maximum absolute atomic E-state index is 11.8. The van der Waals surface area contributed by atoms with E-state index in [4.69, 9.17) is 9.47 Å². The molecule has 0 saturated carbocycles. The molecule has 1 aliphatic heterocycles. The molecule has 0 unspecified atom stereocenters. The van der Waals surface area contributed by atoms with E-state index in [2.05, 4.69) is 31.3 Å². The van der Waals surface area contributed by atoms with E-state index in [-0.39, 0.29) is 18.4 Å². The molecular formula is C13H13BrN4O3. The van der Waals surface area contributed by atoms with Gasteiger partial charge in [0.15, 0.2) is 11.5 Å². The van der Waals surface area contributed by atoms with E-state index in [1.165, 1.54) is 6.33 Å². The Morgan fingerprint density at radius 2 is 2.19 bits per heavy atom. The number of rotatable bonds is 3. The molecule has 1 aliphatic rings. The molecule has 2 heterocycles. The Hall–Kier alpha value is -2.09. The molecule has 2 aromatic rings. The summed E-state index contributed by atoms with van der Waals surface area (Å²) in [4.78, 5) is 15.8. The van der Waals surface area contributed by atoms with Gasteiger partial charge >= 0.3 is 0 Å². The molecule has 1 amide bonds. The van der Waals surface area contributed by atoms with Gasteiger partial charge in [-0.25, -0.2) is 4.68 Å². The van der Waals surface area contributed by atoms with Crippen LogP contribution in [0, 0.1) is 0 Å². The average molecular weight is 353 g/mol. The summed E-state index contributed by atoms with van der Waals surface area (Å²) in [5.74, 6) is 1.56. The number of benzene rings is 1. The highest BCUT2D eigenvalue weighted by Crippen LogP contribution is 2.40. The number of aromatic nitrogens is 3. The Labute approximate surface area is 129 Å². The number of carbonyl (C=O) groups excluding carboxylic acids is 1. The van der Waals surface area contributed by atoms with E-state index in [1.54, 1.807) is 18.9 Å². The minimum atomic E-state index is -0.229. The van der Waals surface area contributed by atoms with Gasteiger partial charge in [-0.2, -0.15) is 10.1 Å². The third-order valence-electron chi connectivity index (χ3n) is 3.34. The fraction of sp³-hybridized carbons (Fsp3) is 0.308. The number of nitrogens with zero attached hydrogens (tertiary/aromatic N) is 3. The van der Waals surface area contributed by atoms with Gasteiger partial charge in [0.1, 0.15) is 6.33 Å². The normalized spacial score (nSPS) is 17.1. The molecule has 1 atom stereocenters. The highest BCUT2D eigenvalue weighted by Gasteiger charge is 2.29. The van der Waals surface area contributed by atoms with Crippen molar-refractivity contribution >= 4 is 27.8 Å². The zero-order valence-corrected chi connectivity index (χ0v) is 13.0. The lowest BCUT2D eigenvalue weighted by Crippen LogP contribution is -2.29. The number of anilines is 1. The SMILES string of the molecule is COc1cc([C@H]2CC(=O)Nc3ncnn32)cc(Br)c1OC. The van der Waals surface area contributed by atoms with Crippen LogP contribution in [0.25, 0.3) is 0 Å². The van der Waals surface area contributed by atoms with Crippen molar-refractivity contribution in [3.63, 3.8) is 0 Å². The predicted octanol–water partition coefficient (Wildman–Crippen LogP) is 1.99. The van der Waals surface area contributed by atoms with Gasteiger partial charge < -0.3 is 9.47 Å². The molecule has 8 heteroatoms. The first-order valence-electron chi connectivity index (χ1n) is 6.24. The van der Waals surface area contributed by atoms with Crippen molar-refractivity contribution < 1.29 is 14.3 Å². The van der Waals surface area contributed by atoms with Gasteiger partial charge in [0.05, 0.1) is 31.2 Å². The second-order valence-electron chi connectivity index (χ2n) is 4.53. The monoisotopic (exact) mass is 352 g/mol. The van der Waals surface area contributed by atoms with Crippen LogP contribution in [0.4, 0.5) is 5.95 Å². The predicted molar refractivity (Wildman–Crippen MR) is 78.7 cm³/mol. The summed E-state index contributed by atoms with van der Waals surface area (Å²) < 4.78 is 13.1. The van der Waals surface area contributed by atoms with Gasteiger partial charge in [0.2, 0.25) is 11.9 Å². The second-order valence-corrected chi connectivity index (χ2v) is 5.39. The van der Waals surface area contributed by atoms with Crippen LogP contribution >= 0.6 is 15.9 Å². The summed E-state index contributed by atoms with van der Waals surface area (Å²) in [6.07, 6.45) is 1.71. The molecule has 0 spiro atoms. The van der Waals surface area contributed by atoms with Crippen LogP contribution in [0.3, 0.4) is 0 Å². The Morgan fingerprint density at radius 1 is 1.38 bits per heavy atom. The van der Waals surface area contributed by atoms with E-state index >= 15 is 0 Å². The van der Waals surface area contributed by atoms with E-state index in [0.717, 1.165) is 10.0 Å². The summed E-state index contributed by atoms with van der Waals surface area (Å²) >= 11 is 3.46. The quantitative estimate of drug-likeness (QED) is 0.913. The lowest BCUT2D eigenvalue weighted by molar-refractivity contribution is -0.117. The first-order chi connectivity index (χ1) is 10.1. The van der Waals surface area contributed by atoms with Gasteiger partial charge in [-0.05, 0) is 33.6 Å². The van der Waals surface area contributed by atoms with Crippen LogP contribution < -0.4 is 14.8 Å². The van der Waals surface area contributed by atoms with Gasteiger partial charge in [-0.15, -0.1) is 0 Å². The number of methoxy groups -OCH3 is 2. The first kappa shape index (κ1) is 13.9. The van der Waals surface area contributed by atoms with Gasteiger partial charge in [0, 0.05) is 0 Å². The zero-order chi connectivity index (χ0) is 15.0. The molecule has 0 saturated heterocycles. The molecule has 0 bridgehead atoms. The average Bonchev–Trinajstić information content (AvgIpc) is 2.93. The number of halogens is 1. The van der Waals surface area contributed by atoms with E-state index < -0.39 is 0 Å². The molecule has 110 valence electrons. The van der Waals surface area contributed by atoms with Gasteiger partial charge in [0.25, 0.3) is 0 Å². The van der Waals surface area contributed by atoms with Crippen molar-refractivity contribution in [3.05, 3.63) is 28.5 Å². The number of fused-ring (bicyclic) bond motifs is 1. The number of hydrogen-bond acceptors (Lipinski definition) is 5. The number of ether oxygens (including phenoxy) is 2. The Morgan fingerprint density at radius 3 is 2.90 bits per heavy atom. The molecule has 7 nitrogen and oxygen atoms in total. The molecule has 0 radical (unpaired) electrons. The van der Waals surface area contributed by atoms with E-state index in [1.807, 2.05) is 12.1 Å². The van der Waals surface area contributed by atoms with Crippen LogP contribution in [-0.2, 0) is 4.79 Å². The van der Waals surface area contributed by atoms with Crippen molar-refractivity contribution in [3.8, 4) is 11.5 Å². The fourth-order valence-electron chi connectivity index (χ4n) is 2.39. The van der Waals surface area contributed by atoms with Crippen molar-refractivity contribution in [2.45, 2.75) is 12.5 Å². The van der Waals surface area contributed by atoms with Crippen molar-refractivity contribution in [1.82, 2.24) is 14.8 Å². The highest BCUT2D eigenvalue weighted by molar-refractivity contribution is 9.10. The number of carbonyl (C=O) groups is 1. The third-order valence-corrected chi connectivity index (χ3v) is 3.93. The van der Waals surface area contributed by atoms with Crippen molar-refractivity contribution in [1.29, 1.82) is 0 Å². The Balaban J connectivity index is 2.10. The van der Waals surface area contributed by atoms with Crippen LogP contribution in [0.1, 0.15) is 18.0 Å². The zero-order valence-electron chi connectivity index (χ0n) is 11.5. The topological polar surface area (TPSA) is 78.3 Å². The Kier molecular flexibility index (Phi) is 3.54. The van der Waals surface area contributed by atoms with Crippen LogP contribution in [-0.4, -0.2) is 34.9 Å². The Bertz CT molecular complexity index is 701. The lowest BCUT2D eigenvalue weighted by atomic mass is 10.0. The van der Waals surface area contributed by atoms with Crippen molar-refractivity contribution in [2.75, 3.05) is 19.5 Å². The summed E-state index contributed by atoms with van der Waals surface area (Å²) in [6.45, 7) is 0. The molecule has 3 rings (SSSR count). The smallest absolute Gasteiger partial charge is 0.229 e. The first-order valence-corrected chi connectivity index (χ1v) is 7.04. The van der Waals surface area contributed by atoms with E-state index in [9.17, 15) is 4.79 Å². The third kappa shape index (κ3) is 2.35. The molecule has 0 aliphatic carbocycles. The van der Waals surface area contributed by atoms with Gasteiger partial charge in [-0.3, -0.25) is 10.1 Å². The summed E-state index contributed by atoms with van der Waals surface area (Å²) in [5, 5.41) is 6.87. The highest BCUT2D eigenvalue weighted by atomic mass is 79.9. The van der Waals surface area contributed by atoms with Crippen LogP contribution in [0.15, 0.2) is 22.9 Å². The largest absolute Gasteiger partial charge is 0.493 e. The number of nitrogens with one attached hydrogen (secondary N) is 1. The molecule has 1 aromatic carbocycles. The summed E-state index contributed by atoms with van der Waals surface area (Å²) in [7, 11) is 3.15. The van der Waals surface area contributed by atoms with Crippen LogP contribution in [0.5, 0.6) is 11.5 Å². The fourth-order valence-corrected chi connectivity index (χ4v) is 3.02. The minimum absolute atomic E-state index is 0.0913. The van der Waals surface area contributed by atoms with E-state index in [0.29, 0.717) is 17.4 Å². The van der Waals surface area contributed by atoms with Crippen molar-refractivity contribution in [2.24, 2.45) is 0 Å². The maximum atomic E-state index is 11.8. The molecule has 0 fully saturated rings. The molecular weight excluding hydrogens is 340 g/mol. The second kappa shape index (κ2) is 5.36. The van der Waals surface area contributed by atoms with Crippen LogP contribution in [0.2, 0.25) is 0 Å². The van der Waals surface area contributed by atoms with Gasteiger partial charge in [-0.1, -0.05) is 0 Å². The summed E-state index contributed by atoms with van der Waals surface area (Å²) in [6, 6.07) is 3.52.